The van der Waals surface area contributed by atoms with E-state index in [0.717, 1.165) is 15.6 Å². The number of methoxy groups -OCH3 is 3. The number of aliphatic carboxylic acids is 1. The standard InChI is InChI=1S/C22H26BrNO5/c1-27-18-13-20(29-3)19(28-2)12-16(18)21(15-6-4-5-7-17(15)23)24-10-8-14(9-11-24)22(25)26/h4-7,12-14,21H,8-11H2,1-3H3,(H,25,26). The third-order valence-corrected chi connectivity index (χ3v) is 6.20. The zero-order chi connectivity index (χ0) is 21.0. The highest BCUT2D eigenvalue weighted by Gasteiger charge is 2.33. The van der Waals surface area contributed by atoms with Crippen LogP contribution in [0.25, 0.3) is 0 Å². The number of halogens is 1. The van der Waals surface area contributed by atoms with E-state index in [2.05, 4.69) is 26.9 Å². The minimum Gasteiger partial charge on any atom is -0.496 e. The molecule has 0 saturated carbocycles. The highest BCUT2D eigenvalue weighted by atomic mass is 79.9. The van der Waals surface area contributed by atoms with Crippen LogP contribution in [0, 0.1) is 5.92 Å². The van der Waals surface area contributed by atoms with Gasteiger partial charge < -0.3 is 19.3 Å². The Hall–Kier alpha value is -2.25. The quantitative estimate of drug-likeness (QED) is 0.657. The molecule has 1 aliphatic heterocycles. The average molecular weight is 464 g/mol. The normalized spacial score (nSPS) is 16.3. The topological polar surface area (TPSA) is 68.2 Å². The van der Waals surface area contributed by atoms with Crippen molar-refractivity contribution in [1.29, 1.82) is 0 Å². The van der Waals surface area contributed by atoms with Crippen LogP contribution in [0.3, 0.4) is 0 Å². The van der Waals surface area contributed by atoms with Crippen molar-refractivity contribution in [2.75, 3.05) is 34.4 Å². The Balaban J connectivity index is 2.09. The zero-order valence-corrected chi connectivity index (χ0v) is 18.4. The van der Waals surface area contributed by atoms with Crippen LogP contribution in [0.1, 0.15) is 30.0 Å². The Labute approximate surface area is 179 Å². The number of piperidine rings is 1. The number of hydrogen-bond donors (Lipinski definition) is 1. The van der Waals surface area contributed by atoms with Gasteiger partial charge >= 0.3 is 5.97 Å². The number of hydrogen-bond acceptors (Lipinski definition) is 5. The van der Waals surface area contributed by atoms with E-state index in [9.17, 15) is 9.90 Å². The molecule has 1 saturated heterocycles. The number of nitrogens with zero attached hydrogens (tertiary/aromatic N) is 1. The molecule has 1 N–H and O–H groups in total. The molecule has 1 atom stereocenters. The molecule has 6 nitrogen and oxygen atoms in total. The highest BCUT2D eigenvalue weighted by Crippen LogP contribution is 2.44. The fourth-order valence-corrected chi connectivity index (χ4v) is 4.43. The van der Waals surface area contributed by atoms with Crippen molar-refractivity contribution in [2.24, 2.45) is 5.92 Å². The van der Waals surface area contributed by atoms with Crippen molar-refractivity contribution in [3.05, 3.63) is 52.0 Å². The van der Waals surface area contributed by atoms with Crippen LogP contribution in [0.4, 0.5) is 0 Å². The molecule has 2 aromatic carbocycles. The second-order valence-corrected chi connectivity index (χ2v) is 7.88. The van der Waals surface area contributed by atoms with E-state index in [1.807, 2.05) is 30.3 Å². The lowest BCUT2D eigenvalue weighted by Gasteiger charge is -2.38. The van der Waals surface area contributed by atoms with Gasteiger partial charge in [-0.25, -0.2) is 0 Å². The number of benzene rings is 2. The van der Waals surface area contributed by atoms with E-state index in [-0.39, 0.29) is 12.0 Å². The van der Waals surface area contributed by atoms with E-state index in [1.165, 1.54) is 0 Å². The lowest BCUT2D eigenvalue weighted by molar-refractivity contribution is -0.143. The maximum Gasteiger partial charge on any atom is 0.306 e. The van der Waals surface area contributed by atoms with Crippen molar-refractivity contribution < 1.29 is 24.1 Å². The summed E-state index contributed by atoms with van der Waals surface area (Å²) in [4.78, 5) is 13.7. The van der Waals surface area contributed by atoms with Gasteiger partial charge in [0.2, 0.25) is 0 Å². The molecule has 0 bridgehead atoms. The smallest absolute Gasteiger partial charge is 0.306 e. The van der Waals surface area contributed by atoms with Crippen molar-refractivity contribution in [1.82, 2.24) is 4.90 Å². The maximum absolute atomic E-state index is 11.4. The average Bonchev–Trinajstić information content (AvgIpc) is 2.75. The van der Waals surface area contributed by atoms with Gasteiger partial charge in [-0.2, -0.15) is 0 Å². The molecule has 0 spiro atoms. The fraction of sp³-hybridized carbons (Fsp3) is 0.409. The Bertz CT molecular complexity index is 864. The van der Waals surface area contributed by atoms with Crippen LogP contribution in [0.15, 0.2) is 40.9 Å². The second kappa shape index (κ2) is 9.50. The van der Waals surface area contributed by atoms with Crippen molar-refractivity contribution in [3.8, 4) is 17.2 Å². The lowest BCUT2D eigenvalue weighted by atomic mass is 9.90. The van der Waals surface area contributed by atoms with E-state index < -0.39 is 5.97 Å². The molecule has 0 aliphatic carbocycles. The van der Waals surface area contributed by atoms with Crippen molar-refractivity contribution in [3.63, 3.8) is 0 Å². The molecule has 29 heavy (non-hydrogen) atoms. The fourth-order valence-electron chi connectivity index (χ4n) is 3.93. The summed E-state index contributed by atoms with van der Waals surface area (Å²) in [6.45, 7) is 1.36. The Morgan fingerprint density at radius 1 is 1.00 bits per heavy atom. The Morgan fingerprint density at radius 2 is 1.59 bits per heavy atom. The van der Waals surface area contributed by atoms with E-state index in [4.69, 9.17) is 14.2 Å². The monoisotopic (exact) mass is 463 g/mol. The Morgan fingerprint density at radius 3 is 2.14 bits per heavy atom. The van der Waals surface area contributed by atoms with Crippen LogP contribution in [-0.4, -0.2) is 50.4 Å². The minimum atomic E-state index is -0.717. The lowest BCUT2D eigenvalue weighted by Crippen LogP contribution is -2.39. The van der Waals surface area contributed by atoms with E-state index in [0.29, 0.717) is 43.2 Å². The first-order valence-corrected chi connectivity index (χ1v) is 10.3. The molecule has 2 aromatic rings. The summed E-state index contributed by atoms with van der Waals surface area (Å²) in [6.07, 6.45) is 1.23. The van der Waals surface area contributed by atoms with E-state index >= 15 is 0 Å². The first-order valence-electron chi connectivity index (χ1n) is 9.51. The van der Waals surface area contributed by atoms with Crippen molar-refractivity contribution in [2.45, 2.75) is 18.9 Å². The molecule has 1 fully saturated rings. The van der Waals surface area contributed by atoms with Gasteiger partial charge in [-0.05, 0) is 43.6 Å². The second-order valence-electron chi connectivity index (χ2n) is 7.02. The van der Waals surface area contributed by atoms with E-state index in [1.54, 1.807) is 21.3 Å². The number of carboxylic acids is 1. The van der Waals surface area contributed by atoms with Gasteiger partial charge in [-0.1, -0.05) is 34.1 Å². The maximum atomic E-state index is 11.4. The molecular weight excluding hydrogens is 438 g/mol. The summed E-state index contributed by atoms with van der Waals surface area (Å²) in [5, 5.41) is 9.37. The summed E-state index contributed by atoms with van der Waals surface area (Å²) in [6, 6.07) is 11.7. The number of likely N-dealkylation sites (tertiary alicyclic amines) is 1. The predicted octanol–water partition coefficient (Wildman–Crippen LogP) is 4.36. The van der Waals surface area contributed by atoms with Gasteiger partial charge in [0.05, 0.1) is 33.3 Å². The molecule has 1 aliphatic rings. The Kier molecular flexibility index (Phi) is 7.03. The first kappa shape index (κ1) is 21.5. The number of rotatable bonds is 7. The predicted molar refractivity (Wildman–Crippen MR) is 114 cm³/mol. The van der Waals surface area contributed by atoms with Crippen LogP contribution < -0.4 is 14.2 Å². The summed E-state index contributed by atoms with van der Waals surface area (Å²) in [5.74, 6) is 0.914. The van der Waals surface area contributed by atoms with Crippen molar-refractivity contribution >= 4 is 21.9 Å². The van der Waals surface area contributed by atoms with Gasteiger partial charge in [-0.15, -0.1) is 0 Å². The van der Waals surface area contributed by atoms with Gasteiger partial charge in [0, 0.05) is 16.1 Å². The summed E-state index contributed by atoms with van der Waals surface area (Å²) in [7, 11) is 4.84. The SMILES string of the molecule is COc1cc(OC)c(C(c2ccccc2Br)N2CCC(C(=O)O)CC2)cc1OC. The van der Waals surface area contributed by atoms with Crippen LogP contribution in [0.2, 0.25) is 0 Å². The highest BCUT2D eigenvalue weighted by molar-refractivity contribution is 9.10. The number of carboxylic acid groups (broad SMARTS) is 1. The van der Waals surface area contributed by atoms with Gasteiger partial charge in [0.25, 0.3) is 0 Å². The zero-order valence-electron chi connectivity index (χ0n) is 16.9. The molecule has 1 heterocycles. The first-order chi connectivity index (χ1) is 14.0. The molecular formula is C22H26BrNO5. The summed E-state index contributed by atoms with van der Waals surface area (Å²) < 4.78 is 17.7. The van der Waals surface area contributed by atoms with Gasteiger partial charge in [-0.3, -0.25) is 9.69 Å². The molecule has 0 radical (unpaired) electrons. The van der Waals surface area contributed by atoms with Crippen LogP contribution in [-0.2, 0) is 4.79 Å². The molecule has 1 unspecified atom stereocenters. The molecule has 0 amide bonds. The third-order valence-electron chi connectivity index (χ3n) is 5.47. The summed E-state index contributed by atoms with van der Waals surface area (Å²) in [5.41, 5.74) is 2.04. The number of carbonyl (C=O) groups is 1. The molecule has 0 aromatic heterocycles. The van der Waals surface area contributed by atoms with Crippen LogP contribution >= 0.6 is 15.9 Å². The molecule has 3 rings (SSSR count). The molecule has 7 heteroatoms. The third kappa shape index (κ3) is 4.51. The largest absolute Gasteiger partial charge is 0.496 e. The molecule has 156 valence electrons. The summed E-state index contributed by atoms with van der Waals surface area (Å²) >= 11 is 3.69. The van der Waals surface area contributed by atoms with Gasteiger partial charge in [0.1, 0.15) is 5.75 Å². The van der Waals surface area contributed by atoms with Crippen LogP contribution in [0.5, 0.6) is 17.2 Å². The number of ether oxygens (including phenoxy) is 3. The minimum absolute atomic E-state index is 0.116. The van der Waals surface area contributed by atoms with Gasteiger partial charge in [0.15, 0.2) is 11.5 Å².